The van der Waals surface area contributed by atoms with Gasteiger partial charge in [-0.3, -0.25) is 0 Å². The summed E-state index contributed by atoms with van der Waals surface area (Å²) in [4.78, 5) is 16.0. The van der Waals surface area contributed by atoms with Crippen LogP contribution in [0.1, 0.15) is 55.1 Å². The maximum Gasteiger partial charge on any atom is 0.339 e. The molecule has 20 heavy (non-hydrogen) atoms. The Labute approximate surface area is 120 Å². The maximum atomic E-state index is 11.5. The molecule has 2 atom stereocenters. The Kier molecular flexibility index (Phi) is 4.99. The molecule has 110 valence electrons. The molecule has 1 fully saturated rings. The molecule has 1 aliphatic rings. The molecule has 1 N–H and O–H groups in total. The zero-order valence-corrected chi connectivity index (χ0v) is 12.6. The van der Waals surface area contributed by atoms with Gasteiger partial charge in [0.2, 0.25) is 0 Å². The molecule has 0 aliphatic heterocycles. The number of aryl methyl sites for hydroxylation is 1. The van der Waals surface area contributed by atoms with Crippen molar-refractivity contribution in [2.75, 3.05) is 12.4 Å². The molecule has 0 bridgehead atoms. The van der Waals surface area contributed by atoms with E-state index in [1.54, 1.807) is 6.07 Å². The Hall–Kier alpha value is -1.58. The minimum Gasteiger partial charge on any atom is -0.465 e. The van der Waals surface area contributed by atoms with Gasteiger partial charge in [0.05, 0.1) is 18.4 Å². The number of methoxy groups -OCH3 is 1. The van der Waals surface area contributed by atoms with Crippen molar-refractivity contribution in [2.45, 2.75) is 52.0 Å². The third-order valence-corrected chi connectivity index (χ3v) is 4.20. The van der Waals surface area contributed by atoms with E-state index in [4.69, 9.17) is 4.74 Å². The fourth-order valence-corrected chi connectivity index (χ4v) is 2.97. The van der Waals surface area contributed by atoms with Gasteiger partial charge in [0, 0.05) is 6.04 Å². The zero-order chi connectivity index (χ0) is 14.5. The van der Waals surface area contributed by atoms with Crippen LogP contribution in [0.4, 0.5) is 5.82 Å². The van der Waals surface area contributed by atoms with Gasteiger partial charge in [-0.25, -0.2) is 9.78 Å². The molecule has 1 aliphatic carbocycles. The molecule has 1 saturated carbocycles. The van der Waals surface area contributed by atoms with Crippen molar-refractivity contribution >= 4 is 11.8 Å². The summed E-state index contributed by atoms with van der Waals surface area (Å²) in [6, 6.07) is 4.16. The fourth-order valence-electron chi connectivity index (χ4n) is 2.97. The quantitative estimate of drug-likeness (QED) is 0.854. The van der Waals surface area contributed by atoms with Crippen LogP contribution in [0.15, 0.2) is 12.1 Å². The number of carbonyl (C=O) groups excluding carboxylic acids is 1. The summed E-state index contributed by atoms with van der Waals surface area (Å²) < 4.78 is 4.74. The van der Waals surface area contributed by atoms with Crippen LogP contribution in [0.25, 0.3) is 0 Å². The Morgan fingerprint density at radius 2 is 2.25 bits per heavy atom. The third-order valence-electron chi connectivity index (χ3n) is 4.20. The molecular weight excluding hydrogens is 252 g/mol. The van der Waals surface area contributed by atoms with Gasteiger partial charge in [-0.05, 0) is 37.8 Å². The molecule has 0 aromatic carbocycles. The normalized spacial score (nSPS) is 22.4. The largest absolute Gasteiger partial charge is 0.465 e. The van der Waals surface area contributed by atoms with Crippen LogP contribution in [0, 0.1) is 12.8 Å². The first-order valence-corrected chi connectivity index (χ1v) is 7.46. The number of pyridine rings is 1. The van der Waals surface area contributed by atoms with Crippen LogP contribution in [0.5, 0.6) is 0 Å². The molecule has 4 heteroatoms. The number of ether oxygens (including phenoxy) is 1. The van der Waals surface area contributed by atoms with E-state index >= 15 is 0 Å². The first-order chi connectivity index (χ1) is 9.63. The smallest absolute Gasteiger partial charge is 0.339 e. The van der Waals surface area contributed by atoms with E-state index in [0.29, 0.717) is 17.3 Å². The monoisotopic (exact) mass is 276 g/mol. The maximum absolute atomic E-state index is 11.5. The lowest BCUT2D eigenvalue weighted by Gasteiger charge is -2.29. The van der Waals surface area contributed by atoms with Crippen molar-refractivity contribution in [3.8, 4) is 0 Å². The SMILES string of the molecule is CCC1CCCC(Nc2ccc(C(=O)OC)c(C)n2)C1. The fraction of sp³-hybridized carbons (Fsp3) is 0.625. The second kappa shape index (κ2) is 6.73. The highest BCUT2D eigenvalue weighted by molar-refractivity contribution is 5.90. The van der Waals surface area contributed by atoms with Crippen LogP contribution >= 0.6 is 0 Å². The zero-order valence-electron chi connectivity index (χ0n) is 12.6. The Balaban J connectivity index is 2.03. The number of hydrogen-bond acceptors (Lipinski definition) is 4. The molecule has 1 heterocycles. The van der Waals surface area contributed by atoms with Crippen molar-refractivity contribution in [2.24, 2.45) is 5.92 Å². The number of anilines is 1. The summed E-state index contributed by atoms with van der Waals surface area (Å²) in [5, 5.41) is 3.51. The van der Waals surface area contributed by atoms with Crippen molar-refractivity contribution in [1.29, 1.82) is 0 Å². The average molecular weight is 276 g/mol. The minimum absolute atomic E-state index is 0.328. The van der Waals surface area contributed by atoms with Crippen LogP contribution in [-0.2, 0) is 4.74 Å². The van der Waals surface area contributed by atoms with Crippen LogP contribution in [0.3, 0.4) is 0 Å². The highest BCUT2D eigenvalue weighted by Gasteiger charge is 2.21. The van der Waals surface area contributed by atoms with Crippen molar-refractivity contribution < 1.29 is 9.53 Å². The van der Waals surface area contributed by atoms with Crippen molar-refractivity contribution in [1.82, 2.24) is 4.98 Å². The lowest BCUT2D eigenvalue weighted by Crippen LogP contribution is -2.27. The molecule has 0 saturated heterocycles. The summed E-state index contributed by atoms with van der Waals surface area (Å²) >= 11 is 0. The lowest BCUT2D eigenvalue weighted by molar-refractivity contribution is 0.0599. The summed E-state index contributed by atoms with van der Waals surface area (Å²) in [5.74, 6) is 1.36. The second-order valence-corrected chi connectivity index (χ2v) is 5.60. The lowest BCUT2D eigenvalue weighted by atomic mass is 9.84. The summed E-state index contributed by atoms with van der Waals surface area (Å²) in [7, 11) is 1.39. The van der Waals surface area contributed by atoms with E-state index in [1.807, 2.05) is 13.0 Å². The molecule has 0 spiro atoms. The Morgan fingerprint density at radius 3 is 2.90 bits per heavy atom. The van der Waals surface area contributed by atoms with Gasteiger partial charge in [-0.15, -0.1) is 0 Å². The number of carbonyl (C=O) groups is 1. The first-order valence-electron chi connectivity index (χ1n) is 7.46. The number of esters is 1. The van der Waals surface area contributed by atoms with Crippen LogP contribution in [0.2, 0.25) is 0 Å². The van der Waals surface area contributed by atoms with Gasteiger partial charge >= 0.3 is 5.97 Å². The number of nitrogens with zero attached hydrogens (tertiary/aromatic N) is 1. The number of rotatable bonds is 4. The molecular formula is C16H24N2O2. The number of hydrogen-bond donors (Lipinski definition) is 1. The average Bonchev–Trinajstić information content (AvgIpc) is 2.47. The van der Waals surface area contributed by atoms with E-state index in [0.717, 1.165) is 11.7 Å². The third kappa shape index (κ3) is 3.50. The number of aromatic nitrogens is 1. The topological polar surface area (TPSA) is 51.2 Å². The summed E-state index contributed by atoms with van der Waals surface area (Å²) in [6.45, 7) is 4.10. The van der Waals surface area contributed by atoms with Crippen molar-refractivity contribution in [3.63, 3.8) is 0 Å². The van der Waals surface area contributed by atoms with Gasteiger partial charge in [-0.1, -0.05) is 26.2 Å². The van der Waals surface area contributed by atoms with E-state index in [-0.39, 0.29) is 5.97 Å². The predicted octanol–water partition coefficient (Wildman–Crippen LogP) is 3.56. The molecule has 4 nitrogen and oxygen atoms in total. The molecule has 0 radical (unpaired) electrons. The highest BCUT2D eigenvalue weighted by Crippen LogP contribution is 2.28. The summed E-state index contributed by atoms with van der Waals surface area (Å²) in [5.41, 5.74) is 1.25. The van der Waals surface area contributed by atoms with Crippen LogP contribution < -0.4 is 5.32 Å². The van der Waals surface area contributed by atoms with Gasteiger partial charge in [-0.2, -0.15) is 0 Å². The van der Waals surface area contributed by atoms with Crippen molar-refractivity contribution in [3.05, 3.63) is 23.4 Å². The Morgan fingerprint density at radius 1 is 1.45 bits per heavy atom. The molecule has 2 unspecified atom stereocenters. The molecule has 1 aromatic heterocycles. The van der Waals surface area contributed by atoms with Crippen LogP contribution in [-0.4, -0.2) is 24.1 Å². The highest BCUT2D eigenvalue weighted by atomic mass is 16.5. The Bertz CT molecular complexity index is 474. The molecule has 2 rings (SSSR count). The second-order valence-electron chi connectivity index (χ2n) is 5.60. The van der Waals surface area contributed by atoms with E-state index in [1.165, 1.54) is 39.2 Å². The first kappa shape index (κ1) is 14.8. The molecule has 0 amide bonds. The van der Waals surface area contributed by atoms with E-state index in [2.05, 4.69) is 17.2 Å². The summed E-state index contributed by atoms with van der Waals surface area (Å²) in [6.07, 6.45) is 6.32. The van der Waals surface area contributed by atoms with E-state index in [9.17, 15) is 4.79 Å². The van der Waals surface area contributed by atoms with E-state index < -0.39 is 0 Å². The predicted molar refractivity (Wildman–Crippen MR) is 80.0 cm³/mol. The van der Waals surface area contributed by atoms with Gasteiger partial charge in [0.25, 0.3) is 0 Å². The standard InChI is InChI=1S/C16H24N2O2/c1-4-12-6-5-7-13(10-12)18-15-9-8-14(11(2)17-15)16(19)20-3/h8-9,12-13H,4-7,10H2,1-3H3,(H,17,18). The minimum atomic E-state index is -0.328. The molecule has 1 aromatic rings. The van der Waals surface area contributed by atoms with Gasteiger partial charge in [0.15, 0.2) is 0 Å². The number of nitrogens with one attached hydrogen (secondary N) is 1. The van der Waals surface area contributed by atoms with Gasteiger partial charge < -0.3 is 10.1 Å². The van der Waals surface area contributed by atoms with Gasteiger partial charge in [0.1, 0.15) is 5.82 Å².